The predicted molar refractivity (Wildman–Crippen MR) is 275 cm³/mol. The summed E-state index contributed by atoms with van der Waals surface area (Å²) >= 11 is 3.41. The van der Waals surface area contributed by atoms with E-state index in [-0.39, 0.29) is 28.0 Å². The van der Waals surface area contributed by atoms with Crippen LogP contribution in [0.4, 0.5) is 5.13 Å². The monoisotopic (exact) mass is 1020 g/mol. The lowest BCUT2D eigenvalue weighted by Crippen LogP contribution is -2.71. The Balaban J connectivity index is 1.00. The highest BCUT2D eigenvalue weighted by molar-refractivity contribution is 8.02. The molecule has 0 bridgehead atoms. The van der Waals surface area contributed by atoms with Crippen molar-refractivity contribution < 1.29 is 28.8 Å². The van der Waals surface area contributed by atoms with Gasteiger partial charge in [-0.3, -0.25) is 33.4 Å². The predicted octanol–water partition coefficient (Wildman–Crippen LogP) is 5.92. The van der Waals surface area contributed by atoms with Crippen molar-refractivity contribution in [1.29, 1.82) is 0 Å². The van der Waals surface area contributed by atoms with Crippen LogP contribution in [-0.4, -0.2) is 78.3 Å². The van der Waals surface area contributed by atoms with E-state index < -0.39 is 64.4 Å². The average Bonchev–Trinajstić information content (AvgIpc) is 3.88. The molecule has 3 amide bonds. The fraction of sp³-hybridized carbons (Fsp3) is 0.135. The molecule has 2 aliphatic rings. The van der Waals surface area contributed by atoms with Gasteiger partial charge in [0.05, 0.1) is 0 Å². The van der Waals surface area contributed by atoms with E-state index in [1.54, 1.807) is 11.5 Å². The number of thioether (sulfide) groups is 2. The number of anilines is 1. The fourth-order valence-corrected chi connectivity index (χ4v) is 11.2. The number of hydrogen-bond acceptors (Lipinski definition) is 15. The standard InChI is InChI=1S/C52H43N9O8S3/c1-68-59-40(38-31-72-50(54-38)56-52(35-21-11-4-12-22-35,36-23-13-5-14-24-36)37-25-15-6-16-26-37)44(63)55-41-46(65)61-42(49(67)69-43(32-17-7-2-8-18-32)33-19-9-3-10-20-33)34(30-71-48(41)61)27-28-70-51-58-57-45(64)47(66)60(51)29-39(53)62/h2-28,31,41,43,48H,29-30H2,1H3,(H2,53,62)(H,54,56)(H,55,63)(H,57,64)/b28-27+,59-40-. The first-order valence-corrected chi connectivity index (χ1v) is 25.0. The number of carbonyl (C=O) groups is 4. The summed E-state index contributed by atoms with van der Waals surface area (Å²) in [5, 5.41) is 19.4. The van der Waals surface area contributed by atoms with E-state index in [1.807, 2.05) is 152 Å². The SMILES string of the molecule is CO/N=C(\C(=O)NC1C(=O)N2C(C(=O)OC(c3ccccc3)c3ccccc3)=C(/C=C/Sc3n[nH]c(=O)c(=O)n3CC(N)=O)CSC12)c1csc(NC(c2ccccc2)(c2ccccc2)c2ccccc2)n1. The molecule has 5 aromatic carbocycles. The summed E-state index contributed by atoms with van der Waals surface area (Å²) in [5.41, 5.74) is 6.85. The molecule has 362 valence electrons. The van der Waals surface area contributed by atoms with Crippen molar-refractivity contribution in [2.24, 2.45) is 10.9 Å². The smallest absolute Gasteiger partial charge is 0.356 e. The zero-order chi connectivity index (χ0) is 50.2. The van der Waals surface area contributed by atoms with Gasteiger partial charge in [-0.2, -0.15) is 0 Å². The molecule has 1 fully saturated rings. The van der Waals surface area contributed by atoms with Crippen molar-refractivity contribution >= 4 is 69.4 Å². The molecule has 2 unspecified atom stereocenters. The Morgan fingerprint density at radius 3 is 1.96 bits per heavy atom. The minimum Gasteiger partial charge on any atom is -0.448 e. The number of rotatable bonds is 18. The summed E-state index contributed by atoms with van der Waals surface area (Å²) in [6.07, 6.45) is 0.679. The van der Waals surface area contributed by atoms with E-state index in [1.165, 1.54) is 40.5 Å². The number of carbonyl (C=O) groups excluding carboxylic acids is 4. The topological polar surface area (TPSA) is 233 Å². The first-order valence-electron chi connectivity index (χ1n) is 22.2. The molecule has 0 radical (unpaired) electrons. The van der Waals surface area contributed by atoms with Gasteiger partial charge in [0.15, 0.2) is 22.1 Å². The number of ether oxygens (including phenoxy) is 1. The number of β-lactam (4-membered cyclic amide) rings is 1. The van der Waals surface area contributed by atoms with Crippen molar-refractivity contribution in [1.82, 2.24) is 30.0 Å². The molecular formula is C52H43N9O8S3. The largest absolute Gasteiger partial charge is 0.448 e. The maximum atomic E-state index is 14.7. The van der Waals surface area contributed by atoms with Crippen LogP contribution in [0.25, 0.3) is 0 Å². The second-order valence-electron chi connectivity index (χ2n) is 16.1. The van der Waals surface area contributed by atoms with Gasteiger partial charge >= 0.3 is 17.1 Å². The van der Waals surface area contributed by atoms with Crippen LogP contribution in [0.15, 0.2) is 200 Å². The van der Waals surface area contributed by atoms with Crippen molar-refractivity contribution in [3.05, 3.63) is 234 Å². The molecule has 4 heterocycles. The lowest BCUT2D eigenvalue weighted by atomic mass is 9.77. The third-order valence-corrected chi connectivity index (χ3v) is 14.5. The van der Waals surface area contributed by atoms with E-state index in [9.17, 15) is 28.8 Å². The second-order valence-corrected chi connectivity index (χ2v) is 18.9. The molecule has 2 aliphatic heterocycles. The van der Waals surface area contributed by atoms with Crippen LogP contribution in [-0.2, 0) is 40.8 Å². The summed E-state index contributed by atoms with van der Waals surface area (Å²) in [6.45, 7) is -0.603. The Morgan fingerprint density at radius 1 is 0.861 bits per heavy atom. The van der Waals surface area contributed by atoms with Crippen molar-refractivity contribution in [3.8, 4) is 0 Å². The number of benzene rings is 5. The van der Waals surface area contributed by atoms with Gasteiger partial charge in [0, 0.05) is 11.1 Å². The second kappa shape index (κ2) is 21.8. The third kappa shape index (κ3) is 10.00. The highest BCUT2D eigenvalue weighted by atomic mass is 32.2. The Morgan fingerprint density at radius 2 is 1.42 bits per heavy atom. The number of primary amides is 1. The molecule has 0 spiro atoms. The van der Waals surface area contributed by atoms with E-state index in [0.717, 1.165) is 33.0 Å². The lowest BCUT2D eigenvalue weighted by molar-refractivity contribution is -0.154. The van der Waals surface area contributed by atoms with Crippen LogP contribution in [0.5, 0.6) is 0 Å². The summed E-state index contributed by atoms with van der Waals surface area (Å²) in [5.74, 6) is -2.89. The van der Waals surface area contributed by atoms with E-state index in [4.69, 9.17) is 20.3 Å². The maximum Gasteiger partial charge on any atom is 0.356 e. The van der Waals surface area contributed by atoms with E-state index in [0.29, 0.717) is 21.8 Å². The van der Waals surface area contributed by atoms with Crippen molar-refractivity contribution in [2.75, 3.05) is 18.2 Å². The van der Waals surface area contributed by atoms with Crippen LogP contribution in [0, 0.1) is 0 Å². The maximum absolute atomic E-state index is 14.7. The number of H-pyrrole nitrogens is 1. The van der Waals surface area contributed by atoms with Gasteiger partial charge < -0.3 is 25.9 Å². The third-order valence-electron chi connectivity index (χ3n) is 11.6. The number of fused-ring (bicyclic) bond motifs is 1. The molecule has 2 atom stereocenters. The molecule has 0 aliphatic carbocycles. The van der Waals surface area contributed by atoms with Crippen LogP contribution in [0.3, 0.4) is 0 Å². The Hall–Kier alpha value is -8.33. The Kier molecular flexibility index (Phi) is 14.7. The number of oxime groups is 1. The van der Waals surface area contributed by atoms with Crippen molar-refractivity contribution in [3.63, 3.8) is 0 Å². The van der Waals surface area contributed by atoms with Gasteiger partial charge in [-0.05, 0) is 44.9 Å². The first-order chi connectivity index (χ1) is 35.1. The van der Waals surface area contributed by atoms with Crippen LogP contribution in [0.1, 0.15) is 39.6 Å². The quantitative estimate of drug-likeness (QED) is 0.0149. The van der Waals surface area contributed by atoms with Crippen LogP contribution in [0.2, 0.25) is 0 Å². The number of nitrogens with two attached hydrogens (primary N) is 1. The Labute approximate surface area is 423 Å². The molecule has 20 heteroatoms. The average molecular weight is 1020 g/mol. The van der Waals surface area contributed by atoms with E-state index in [2.05, 4.69) is 26.0 Å². The van der Waals surface area contributed by atoms with E-state index >= 15 is 0 Å². The molecule has 72 heavy (non-hydrogen) atoms. The van der Waals surface area contributed by atoms with Gasteiger partial charge in [0.25, 0.3) is 11.8 Å². The van der Waals surface area contributed by atoms with Crippen LogP contribution >= 0.6 is 34.9 Å². The summed E-state index contributed by atoms with van der Waals surface area (Å²) < 4.78 is 7.12. The number of hydrogen-bond donors (Lipinski definition) is 4. The van der Waals surface area contributed by atoms with Gasteiger partial charge in [0.2, 0.25) is 5.91 Å². The van der Waals surface area contributed by atoms with Gasteiger partial charge in [-0.25, -0.2) is 14.9 Å². The minimum atomic E-state index is -1.11. The normalized spacial score (nSPS) is 15.7. The highest BCUT2D eigenvalue weighted by Crippen LogP contribution is 2.43. The molecule has 17 nitrogen and oxygen atoms in total. The summed E-state index contributed by atoms with van der Waals surface area (Å²) in [4.78, 5) is 91.2. The molecule has 5 N–H and O–H groups in total. The summed E-state index contributed by atoms with van der Waals surface area (Å²) in [6, 6.07) is 47.1. The lowest BCUT2D eigenvalue weighted by Gasteiger charge is -2.49. The molecule has 0 saturated carbocycles. The number of aromatic amines is 1. The summed E-state index contributed by atoms with van der Waals surface area (Å²) in [7, 11) is 1.30. The zero-order valence-corrected chi connectivity index (χ0v) is 40.6. The number of amides is 3. The molecule has 9 rings (SSSR count). The molecular weight excluding hydrogens is 975 g/mol. The number of aromatic nitrogens is 4. The van der Waals surface area contributed by atoms with Gasteiger partial charge in [-0.1, -0.05) is 169 Å². The highest BCUT2D eigenvalue weighted by Gasteiger charge is 2.55. The Bertz CT molecular complexity index is 3200. The van der Waals surface area contributed by atoms with Gasteiger partial charge in [-0.15, -0.1) is 28.2 Å². The minimum absolute atomic E-state index is 0.0591. The number of allylic oxidation sites excluding steroid dienone is 1. The molecule has 1 saturated heterocycles. The number of thiazole rings is 1. The molecule has 2 aromatic heterocycles. The number of esters is 1. The molecule has 7 aromatic rings. The zero-order valence-electron chi connectivity index (χ0n) is 38.1. The number of nitrogens with zero attached hydrogens (tertiary/aromatic N) is 5. The van der Waals surface area contributed by atoms with Gasteiger partial charge in [0.1, 0.15) is 42.0 Å². The fourth-order valence-electron chi connectivity index (χ4n) is 8.37. The van der Waals surface area contributed by atoms with Crippen molar-refractivity contribution in [2.45, 2.75) is 34.8 Å². The first kappa shape index (κ1) is 48.7. The number of nitrogens with one attached hydrogen (secondary N) is 3. The van der Waals surface area contributed by atoms with Crippen LogP contribution < -0.4 is 27.5 Å².